The van der Waals surface area contributed by atoms with Crippen LogP contribution in [0, 0.1) is 0 Å². The van der Waals surface area contributed by atoms with Gasteiger partial charge in [0, 0.05) is 6.04 Å². The average Bonchev–Trinajstić information content (AvgIpc) is 2.57. The van der Waals surface area contributed by atoms with Crippen molar-refractivity contribution >= 4 is 0 Å². The van der Waals surface area contributed by atoms with E-state index in [-0.39, 0.29) is 12.1 Å². The molecule has 2 rings (SSSR count). The molecular weight excluding hydrogens is 186 g/mol. The third-order valence-electron chi connectivity index (χ3n) is 3.31. The normalized spacial score (nSPS) is 24.5. The molecule has 0 saturated heterocycles. The molecule has 2 atom stereocenters. The molecule has 2 heteroatoms. The van der Waals surface area contributed by atoms with E-state index in [0.29, 0.717) is 0 Å². The van der Waals surface area contributed by atoms with Crippen molar-refractivity contribution in [3.05, 3.63) is 35.4 Å². The van der Waals surface area contributed by atoms with Crippen molar-refractivity contribution in [3.8, 4) is 0 Å². The summed E-state index contributed by atoms with van der Waals surface area (Å²) in [6, 6.07) is 8.48. The van der Waals surface area contributed by atoms with Gasteiger partial charge in [-0.25, -0.2) is 0 Å². The Hall–Kier alpha value is -0.860. The topological polar surface area (TPSA) is 23.5 Å². The maximum Gasteiger partial charge on any atom is 0.0950 e. The minimum Gasteiger partial charge on any atom is -0.387 e. The summed E-state index contributed by atoms with van der Waals surface area (Å²) in [7, 11) is 2.10. The zero-order valence-corrected chi connectivity index (χ0v) is 9.48. The van der Waals surface area contributed by atoms with E-state index in [9.17, 15) is 5.11 Å². The van der Waals surface area contributed by atoms with Crippen LogP contribution >= 0.6 is 0 Å². The van der Waals surface area contributed by atoms with Crippen molar-refractivity contribution in [3.63, 3.8) is 0 Å². The molecule has 0 saturated carbocycles. The number of rotatable bonds is 3. The van der Waals surface area contributed by atoms with E-state index >= 15 is 0 Å². The summed E-state index contributed by atoms with van der Waals surface area (Å²) < 4.78 is 0. The van der Waals surface area contributed by atoms with Crippen LogP contribution in [-0.4, -0.2) is 29.6 Å². The maximum atomic E-state index is 10.2. The summed E-state index contributed by atoms with van der Waals surface area (Å²) in [5, 5.41) is 10.2. The molecule has 1 aromatic carbocycles. The van der Waals surface area contributed by atoms with E-state index in [0.717, 1.165) is 24.9 Å². The van der Waals surface area contributed by atoms with Gasteiger partial charge in [-0.15, -0.1) is 0 Å². The molecule has 0 radical (unpaired) electrons. The van der Waals surface area contributed by atoms with Crippen LogP contribution in [0.5, 0.6) is 0 Å². The van der Waals surface area contributed by atoms with Crippen molar-refractivity contribution in [1.82, 2.24) is 4.90 Å². The van der Waals surface area contributed by atoms with Gasteiger partial charge >= 0.3 is 0 Å². The van der Waals surface area contributed by atoms with Gasteiger partial charge in [-0.2, -0.15) is 0 Å². The van der Waals surface area contributed by atoms with E-state index in [1.807, 2.05) is 18.2 Å². The molecule has 0 heterocycles. The Bertz CT molecular complexity index is 337. The molecule has 0 spiro atoms. The van der Waals surface area contributed by atoms with Gasteiger partial charge < -0.3 is 10.0 Å². The monoisotopic (exact) mass is 205 g/mol. The Balaban J connectivity index is 2.16. The first-order valence-corrected chi connectivity index (χ1v) is 5.70. The maximum absolute atomic E-state index is 10.2. The van der Waals surface area contributed by atoms with E-state index in [1.54, 1.807) is 0 Å². The van der Waals surface area contributed by atoms with Crippen LogP contribution in [0.2, 0.25) is 0 Å². The van der Waals surface area contributed by atoms with Crippen LogP contribution in [0.15, 0.2) is 24.3 Å². The van der Waals surface area contributed by atoms with E-state index < -0.39 is 0 Å². The molecule has 1 aliphatic carbocycles. The minimum atomic E-state index is -0.308. The molecule has 2 nitrogen and oxygen atoms in total. The van der Waals surface area contributed by atoms with Crippen molar-refractivity contribution in [2.75, 3.05) is 13.6 Å². The highest BCUT2D eigenvalue weighted by Gasteiger charge is 2.32. The van der Waals surface area contributed by atoms with Crippen molar-refractivity contribution in [1.29, 1.82) is 0 Å². The quantitative estimate of drug-likeness (QED) is 0.815. The lowest BCUT2D eigenvalue weighted by Crippen LogP contribution is -2.35. The first-order valence-electron chi connectivity index (χ1n) is 5.70. The van der Waals surface area contributed by atoms with E-state index in [2.05, 4.69) is 24.9 Å². The number of aliphatic hydroxyl groups is 1. The van der Waals surface area contributed by atoms with Gasteiger partial charge in [0.05, 0.1) is 6.10 Å². The number of hydrogen-bond donors (Lipinski definition) is 1. The molecule has 0 amide bonds. The molecule has 0 bridgehead atoms. The van der Waals surface area contributed by atoms with Crippen LogP contribution in [0.25, 0.3) is 0 Å². The lowest BCUT2D eigenvalue weighted by atomic mass is 10.1. The average molecular weight is 205 g/mol. The van der Waals surface area contributed by atoms with Crippen LogP contribution in [-0.2, 0) is 6.42 Å². The molecular formula is C13H19NO. The summed E-state index contributed by atoms with van der Waals surface area (Å²) in [6.45, 7) is 3.22. The Morgan fingerprint density at radius 1 is 1.40 bits per heavy atom. The number of aliphatic hydroxyl groups excluding tert-OH is 1. The highest BCUT2D eigenvalue weighted by Crippen LogP contribution is 2.33. The number of benzene rings is 1. The number of nitrogens with zero attached hydrogens (tertiary/aromatic N) is 1. The molecule has 1 aliphatic rings. The Morgan fingerprint density at radius 3 is 2.80 bits per heavy atom. The van der Waals surface area contributed by atoms with Crippen LogP contribution in [0.1, 0.15) is 30.6 Å². The van der Waals surface area contributed by atoms with Gasteiger partial charge in [-0.3, -0.25) is 0 Å². The molecule has 2 unspecified atom stereocenters. The largest absolute Gasteiger partial charge is 0.387 e. The van der Waals surface area contributed by atoms with Gasteiger partial charge in [0.25, 0.3) is 0 Å². The van der Waals surface area contributed by atoms with Gasteiger partial charge in [-0.05, 0) is 37.6 Å². The van der Waals surface area contributed by atoms with Gasteiger partial charge in [0.2, 0.25) is 0 Å². The lowest BCUT2D eigenvalue weighted by Gasteiger charge is -2.26. The predicted molar refractivity (Wildman–Crippen MR) is 61.8 cm³/mol. The number of hydrogen-bond acceptors (Lipinski definition) is 2. The smallest absolute Gasteiger partial charge is 0.0950 e. The fraction of sp³-hybridized carbons (Fsp3) is 0.538. The lowest BCUT2D eigenvalue weighted by molar-refractivity contribution is 0.0761. The molecule has 82 valence electrons. The van der Waals surface area contributed by atoms with E-state index in [1.165, 1.54) is 5.56 Å². The summed E-state index contributed by atoms with van der Waals surface area (Å²) in [5.41, 5.74) is 2.42. The second-order valence-electron chi connectivity index (χ2n) is 4.40. The highest BCUT2D eigenvalue weighted by molar-refractivity contribution is 5.35. The van der Waals surface area contributed by atoms with E-state index in [4.69, 9.17) is 0 Å². The van der Waals surface area contributed by atoms with Crippen molar-refractivity contribution in [2.24, 2.45) is 0 Å². The first-order chi connectivity index (χ1) is 7.24. The summed E-state index contributed by atoms with van der Waals surface area (Å²) in [5.74, 6) is 0. The molecule has 0 aliphatic heterocycles. The molecule has 0 fully saturated rings. The molecule has 1 N–H and O–H groups in total. The molecule has 1 aromatic rings. The first kappa shape index (κ1) is 10.7. The van der Waals surface area contributed by atoms with Gasteiger partial charge in [-0.1, -0.05) is 31.2 Å². The summed E-state index contributed by atoms with van der Waals surface area (Å²) in [6.07, 6.45) is 1.81. The highest BCUT2D eigenvalue weighted by atomic mass is 16.3. The standard InChI is InChI=1S/C13H19NO/c1-3-8-14(2)12-9-10-6-4-5-7-11(10)13(12)15/h4-7,12-13,15H,3,8-9H2,1-2H3. The van der Waals surface area contributed by atoms with Crippen LogP contribution in [0.3, 0.4) is 0 Å². The Labute approximate surface area is 91.5 Å². The summed E-state index contributed by atoms with van der Waals surface area (Å²) in [4.78, 5) is 2.27. The molecule has 0 aromatic heterocycles. The number of fused-ring (bicyclic) bond motifs is 1. The third kappa shape index (κ3) is 1.92. The zero-order chi connectivity index (χ0) is 10.8. The fourth-order valence-electron chi connectivity index (χ4n) is 2.47. The Morgan fingerprint density at radius 2 is 2.13 bits per heavy atom. The van der Waals surface area contributed by atoms with Gasteiger partial charge in [0.15, 0.2) is 0 Å². The number of likely N-dealkylation sites (N-methyl/N-ethyl adjacent to an activating group) is 1. The van der Waals surface area contributed by atoms with Crippen LogP contribution < -0.4 is 0 Å². The SMILES string of the molecule is CCCN(C)C1Cc2ccccc2C1O. The minimum absolute atomic E-state index is 0.266. The van der Waals surface area contributed by atoms with Gasteiger partial charge in [0.1, 0.15) is 0 Å². The molecule has 15 heavy (non-hydrogen) atoms. The Kier molecular flexibility index (Phi) is 3.08. The second kappa shape index (κ2) is 4.33. The second-order valence-corrected chi connectivity index (χ2v) is 4.40. The van der Waals surface area contributed by atoms with Crippen molar-refractivity contribution < 1.29 is 5.11 Å². The fourth-order valence-corrected chi connectivity index (χ4v) is 2.47. The predicted octanol–water partition coefficient (Wildman–Crippen LogP) is 1.99. The van der Waals surface area contributed by atoms with Crippen molar-refractivity contribution in [2.45, 2.75) is 31.9 Å². The third-order valence-corrected chi connectivity index (χ3v) is 3.31. The van der Waals surface area contributed by atoms with Crippen LogP contribution in [0.4, 0.5) is 0 Å². The zero-order valence-electron chi connectivity index (χ0n) is 9.48. The summed E-state index contributed by atoms with van der Waals surface area (Å²) >= 11 is 0.